The van der Waals surface area contributed by atoms with Crippen molar-refractivity contribution in [3.63, 3.8) is 0 Å². The molecule has 0 spiro atoms. The average molecular weight is 1620 g/mol. The van der Waals surface area contributed by atoms with Gasteiger partial charge in [0.1, 0.15) is 19.3 Å². The van der Waals surface area contributed by atoms with E-state index < -0.39 is 97.5 Å². The second-order valence-electron chi connectivity index (χ2n) is 34.0. The number of esters is 4. The molecule has 19 heteroatoms. The third kappa shape index (κ3) is 82.9. The molecule has 0 saturated carbocycles. The number of unbranched alkanes of at least 4 members (excludes halogenated alkanes) is 56. The number of aliphatic hydroxyl groups is 1. The monoisotopic (exact) mass is 1620 g/mol. The predicted molar refractivity (Wildman–Crippen MR) is 460 cm³/mol. The summed E-state index contributed by atoms with van der Waals surface area (Å²) in [5.41, 5.74) is 0. The van der Waals surface area contributed by atoms with E-state index in [2.05, 4.69) is 48.5 Å². The van der Waals surface area contributed by atoms with Crippen molar-refractivity contribution in [1.82, 2.24) is 0 Å². The highest BCUT2D eigenvalue weighted by Gasteiger charge is 2.31. The Morgan fingerprint density at radius 3 is 0.685 bits per heavy atom. The zero-order valence-electron chi connectivity index (χ0n) is 73.4. The molecule has 0 bridgehead atoms. The summed E-state index contributed by atoms with van der Waals surface area (Å²) in [6.45, 7) is 12.1. The second kappa shape index (κ2) is 81.8. The van der Waals surface area contributed by atoms with Crippen LogP contribution in [0.3, 0.4) is 0 Å². The molecule has 0 aromatic heterocycles. The fourth-order valence-corrected chi connectivity index (χ4v) is 15.9. The van der Waals surface area contributed by atoms with Gasteiger partial charge in [0.05, 0.1) is 26.4 Å². The summed E-state index contributed by atoms with van der Waals surface area (Å²) in [7, 11) is -9.94. The number of phosphoric ester groups is 2. The molecular weight excluding hydrogens is 1440 g/mol. The molecule has 0 aliphatic rings. The van der Waals surface area contributed by atoms with Crippen molar-refractivity contribution in [2.75, 3.05) is 39.6 Å². The van der Waals surface area contributed by atoms with Crippen LogP contribution in [-0.2, 0) is 65.4 Å². The molecule has 0 aromatic rings. The van der Waals surface area contributed by atoms with E-state index in [0.29, 0.717) is 25.7 Å². The maximum atomic E-state index is 13.2. The minimum Gasteiger partial charge on any atom is -0.462 e. The molecule has 111 heavy (non-hydrogen) atoms. The van der Waals surface area contributed by atoms with E-state index >= 15 is 0 Å². The summed E-state index contributed by atoms with van der Waals surface area (Å²) in [5.74, 6) is 0.296. The minimum absolute atomic E-state index is 0.107. The molecule has 0 aromatic carbocycles. The van der Waals surface area contributed by atoms with Gasteiger partial charge in [0.25, 0.3) is 0 Å². The van der Waals surface area contributed by atoms with Gasteiger partial charge in [-0.25, -0.2) is 9.13 Å². The summed E-state index contributed by atoms with van der Waals surface area (Å²) >= 11 is 0. The van der Waals surface area contributed by atoms with E-state index in [-0.39, 0.29) is 25.7 Å². The molecule has 0 radical (unpaired) electrons. The van der Waals surface area contributed by atoms with Crippen LogP contribution in [0, 0.1) is 17.8 Å². The highest BCUT2D eigenvalue weighted by atomic mass is 31.2. The molecule has 0 aliphatic heterocycles. The molecule has 4 unspecified atom stereocenters. The van der Waals surface area contributed by atoms with Gasteiger partial charge in [-0.05, 0) is 43.4 Å². The standard InChI is InChI=1S/C92H180O17P2/c1-8-11-12-13-14-15-16-17-18-19-20-21-22-23-27-30-36-41-46-51-59-66-73-89(94)102-79-87(108-91(96)75-68-61-52-47-42-37-31-28-25-24-26-29-35-40-45-50-57-64-71-84(6)9-2)81-106-110(98,99)104-77-86(93)78-105-111(100,101)107-82-88(80-103-90(95)74-67-60-55-54-58-65-72-85(7)10-3)109-92(97)76-69-62-53-48-43-38-33-32-34-39-44-49-56-63-70-83(4)5/h83-88,93H,8-82H2,1-7H3,(H,98,99)(H,100,101)/t84?,85?,86-,87-,88-/m1/s1. The van der Waals surface area contributed by atoms with Gasteiger partial charge < -0.3 is 33.8 Å². The number of phosphoric acid groups is 2. The highest BCUT2D eigenvalue weighted by Crippen LogP contribution is 2.45. The van der Waals surface area contributed by atoms with E-state index in [4.69, 9.17) is 37.0 Å². The molecule has 0 heterocycles. The quantitative estimate of drug-likeness (QED) is 0.0222. The van der Waals surface area contributed by atoms with Crippen LogP contribution in [0.4, 0.5) is 0 Å². The highest BCUT2D eigenvalue weighted by molar-refractivity contribution is 7.47. The van der Waals surface area contributed by atoms with E-state index in [0.717, 1.165) is 114 Å². The number of ether oxygens (including phenoxy) is 4. The van der Waals surface area contributed by atoms with Gasteiger partial charge in [0.2, 0.25) is 0 Å². The summed E-state index contributed by atoms with van der Waals surface area (Å²) in [6.07, 6.45) is 75.2. The van der Waals surface area contributed by atoms with Crippen molar-refractivity contribution < 1.29 is 80.2 Å². The van der Waals surface area contributed by atoms with E-state index in [9.17, 15) is 43.2 Å². The number of rotatable bonds is 90. The molecule has 0 amide bonds. The number of carbonyl (C=O) groups excluding carboxylic acids is 4. The smallest absolute Gasteiger partial charge is 0.462 e. The minimum atomic E-state index is -4.97. The second-order valence-corrected chi connectivity index (χ2v) is 36.9. The summed E-state index contributed by atoms with van der Waals surface area (Å²) in [4.78, 5) is 73.4. The van der Waals surface area contributed by atoms with E-state index in [1.165, 1.54) is 295 Å². The van der Waals surface area contributed by atoms with Gasteiger partial charge in [-0.15, -0.1) is 0 Å². The summed E-state index contributed by atoms with van der Waals surface area (Å²) in [6, 6.07) is 0. The van der Waals surface area contributed by atoms with Crippen molar-refractivity contribution >= 4 is 39.5 Å². The number of aliphatic hydroxyl groups excluding tert-OH is 1. The van der Waals surface area contributed by atoms with Crippen LogP contribution in [0.5, 0.6) is 0 Å². The normalized spacial score (nSPS) is 14.3. The zero-order valence-corrected chi connectivity index (χ0v) is 75.2. The molecule has 0 rings (SSSR count). The van der Waals surface area contributed by atoms with Crippen molar-refractivity contribution in [2.24, 2.45) is 17.8 Å². The van der Waals surface area contributed by atoms with Gasteiger partial charge in [0, 0.05) is 25.7 Å². The lowest BCUT2D eigenvalue weighted by molar-refractivity contribution is -0.161. The first-order valence-corrected chi connectivity index (χ1v) is 50.4. The molecule has 0 fully saturated rings. The Bertz CT molecular complexity index is 2130. The molecule has 17 nitrogen and oxygen atoms in total. The maximum Gasteiger partial charge on any atom is 0.472 e. The molecule has 0 saturated heterocycles. The summed E-state index contributed by atoms with van der Waals surface area (Å²) in [5, 5.41) is 10.7. The Morgan fingerprint density at radius 2 is 0.459 bits per heavy atom. The van der Waals surface area contributed by atoms with Crippen molar-refractivity contribution in [2.45, 2.75) is 510 Å². The predicted octanol–water partition coefficient (Wildman–Crippen LogP) is 28.4. The fraction of sp³-hybridized carbons (Fsp3) is 0.957. The molecule has 3 N–H and O–H groups in total. The largest absolute Gasteiger partial charge is 0.472 e. The fourth-order valence-electron chi connectivity index (χ4n) is 14.4. The lowest BCUT2D eigenvalue weighted by Crippen LogP contribution is -2.30. The Hall–Kier alpha value is -1.94. The van der Waals surface area contributed by atoms with Gasteiger partial charge in [-0.2, -0.15) is 0 Å². The number of hydrogen-bond acceptors (Lipinski definition) is 15. The summed E-state index contributed by atoms with van der Waals surface area (Å²) < 4.78 is 69.1. The number of hydrogen-bond donors (Lipinski definition) is 3. The molecule has 7 atom stereocenters. The topological polar surface area (TPSA) is 237 Å². The van der Waals surface area contributed by atoms with Crippen LogP contribution in [0.15, 0.2) is 0 Å². The first kappa shape index (κ1) is 109. The van der Waals surface area contributed by atoms with E-state index in [1.807, 2.05) is 0 Å². The lowest BCUT2D eigenvalue weighted by Gasteiger charge is -2.21. The maximum absolute atomic E-state index is 13.2. The van der Waals surface area contributed by atoms with Crippen LogP contribution >= 0.6 is 15.6 Å². The van der Waals surface area contributed by atoms with Crippen LogP contribution in [-0.4, -0.2) is 96.7 Å². The Balaban J connectivity index is 5.21. The molecular formula is C92H180O17P2. The van der Waals surface area contributed by atoms with Crippen LogP contribution in [0.25, 0.3) is 0 Å². The van der Waals surface area contributed by atoms with Crippen LogP contribution in [0.2, 0.25) is 0 Å². The average Bonchev–Trinajstić information content (AvgIpc) is 0.899. The third-order valence-corrected chi connectivity index (χ3v) is 24.3. The molecule has 660 valence electrons. The Kier molecular flexibility index (Phi) is 80.4. The Labute approximate surface area is 683 Å². The first-order chi connectivity index (χ1) is 53.8. The Morgan fingerprint density at radius 1 is 0.261 bits per heavy atom. The van der Waals surface area contributed by atoms with Gasteiger partial charge >= 0.3 is 39.5 Å². The molecule has 0 aliphatic carbocycles. The van der Waals surface area contributed by atoms with E-state index in [1.54, 1.807) is 0 Å². The van der Waals surface area contributed by atoms with Crippen LogP contribution < -0.4 is 0 Å². The zero-order chi connectivity index (χ0) is 81.5. The van der Waals surface area contributed by atoms with Crippen molar-refractivity contribution in [3.8, 4) is 0 Å². The van der Waals surface area contributed by atoms with Gasteiger partial charge in [0.15, 0.2) is 12.2 Å². The third-order valence-electron chi connectivity index (χ3n) is 22.4. The van der Waals surface area contributed by atoms with Crippen LogP contribution in [0.1, 0.15) is 492 Å². The van der Waals surface area contributed by atoms with Gasteiger partial charge in [-0.1, -0.05) is 440 Å². The van der Waals surface area contributed by atoms with Crippen molar-refractivity contribution in [3.05, 3.63) is 0 Å². The first-order valence-electron chi connectivity index (χ1n) is 47.4. The number of carbonyl (C=O) groups is 4. The van der Waals surface area contributed by atoms with Gasteiger partial charge in [-0.3, -0.25) is 37.3 Å². The van der Waals surface area contributed by atoms with Crippen molar-refractivity contribution in [1.29, 1.82) is 0 Å². The SMILES string of the molecule is CCCCCCCCCCCCCCCCCCCCCCCCC(=O)OC[C@H](COP(=O)(O)OC[C@@H](O)COP(=O)(O)OC[C@@H](COC(=O)CCCCCCCCC(C)CC)OC(=O)CCCCCCCCCCCCCCCCC(C)C)OC(=O)CCCCCCCCCCCCCCCCCCCCC(C)CC. The lowest BCUT2D eigenvalue weighted by atomic mass is 9.99.